The number of halogens is 2. The van der Waals surface area contributed by atoms with E-state index in [-0.39, 0.29) is 24.9 Å². The van der Waals surface area contributed by atoms with Crippen molar-refractivity contribution in [3.8, 4) is 5.88 Å². The summed E-state index contributed by atoms with van der Waals surface area (Å²) in [5, 5.41) is 10.8. The third kappa shape index (κ3) is 5.71. The van der Waals surface area contributed by atoms with Gasteiger partial charge in [0.05, 0.1) is 18.9 Å². The second-order valence-corrected chi connectivity index (χ2v) is 10.6. The number of aromatic nitrogens is 4. The van der Waals surface area contributed by atoms with E-state index in [1.807, 2.05) is 43.3 Å². The van der Waals surface area contributed by atoms with E-state index >= 15 is 0 Å². The number of anilines is 2. The molecule has 2 aromatic carbocycles. The number of carbonyl (C=O) groups is 1. The number of ether oxygens (including phenoxy) is 1. The van der Waals surface area contributed by atoms with E-state index in [4.69, 9.17) is 9.72 Å². The number of nitrogens with zero attached hydrogens (tertiary/aromatic N) is 5. The molecule has 41 heavy (non-hydrogen) atoms. The van der Waals surface area contributed by atoms with Crippen molar-refractivity contribution in [3.05, 3.63) is 112 Å². The molecule has 0 saturated carbocycles. The van der Waals surface area contributed by atoms with Gasteiger partial charge in [0.2, 0.25) is 5.88 Å². The molecule has 5 aromatic rings. The van der Waals surface area contributed by atoms with Crippen LogP contribution in [0.5, 0.6) is 5.88 Å². The van der Waals surface area contributed by atoms with Gasteiger partial charge >= 0.3 is 0 Å². The standard InChI is InChI=1S/C30H27BrFN7O2/c1-19-13-34-28(40)24-16-36-39-27(24)37-26(33-14-22-12-23(32)15-35-29(22)41-19)25(31)30(39)38(17-20-8-4-2-5-9-20)18-21-10-6-3-7-11-21/h2-12,15-16,19H,13-14,17-18H2,1H3,(H,33,37)(H,34,40)/t19-/m0/s1. The van der Waals surface area contributed by atoms with E-state index in [1.54, 1.807) is 4.52 Å². The number of nitrogens with one attached hydrogen (secondary N) is 2. The molecule has 9 nitrogen and oxygen atoms in total. The summed E-state index contributed by atoms with van der Waals surface area (Å²) in [6, 6.07) is 21.7. The van der Waals surface area contributed by atoms with Crippen LogP contribution in [0.25, 0.3) is 5.65 Å². The number of hydrogen-bond donors (Lipinski definition) is 2. The molecule has 11 heteroatoms. The predicted octanol–water partition coefficient (Wildman–Crippen LogP) is 5.36. The van der Waals surface area contributed by atoms with Gasteiger partial charge in [-0.3, -0.25) is 4.79 Å². The summed E-state index contributed by atoms with van der Waals surface area (Å²) in [5.74, 6) is 0.663. The highest BCUT2D eigenvalue weighted by atomic mass is 79.9. The lowest BCUT2D eigenvalue weighted by atomic mass is 10.1. The Hall–Kier alpha value is -4.51. The Bertz CT molecular complexity index is 1660. The second-order valence-electron chi connectivity index (χ2n) is 9.83. The first-order valence-corrected chi connectivity index (χ1v) is 14.0. The van der Waals surface area contributed by atoms with Crippen molar-refractivity contribution < 1.29 is 13.9 Å². The minimum Gasteiger partial charge on any atom is -0.473 e. The molecule has 1 aliphatic rings. The third-order valence-corrected chi connectivity index (χ3v) is 7.47. The lowest BCUT2D eigenvalue weighted by Crippen LogP contribution is -2.34. The van der Waals surface area contributed by atoms with Crippen LogP contribution in [0.2, 0.25) is 0 Å². The molecule has 0 fully saturated rings. The molecule has 0 aliphatic carbocycles. The maximum absolute atomic E-state index is 14.2. The van der Waals surface area contributed by atoms with Gasteiger partial charge in [-0.1, -0.05) is 60.7 Å². The summed E-state index contributed by atoms with van der Waals surface area (Å²) >= 11 is 3.79. The Balaban J connectivity index is 1.51. The molecule has 1 atom stereocenters. The third-order valence-electron chi connectivity index (χ3n) is 6.74. The van der Waals surface area contributed by atoms with Crippen molar-refractivity contribution in [2.45, 2.75) is 32.7 Å². The fourth-order valence-electron chi connectivity index (χ4n) is 4.77. The molecule has 1 aliphatic heterocycles. The molecule has 0 unspecified atom stereocenters. The number of carbonyl (C=O) groups excluding carboxylic acids is 1. The first kappa shape index (κ1) is 26.7. The Morgan fingerprint density at radius 3 is 2.41 bits per heavy atom. The van der Waals surface area contributed by atoms with Gasteiger partial charge in [0, 0.05) is 25.2 Å². The molecule has 0 radical (unpaired) electrons. The van der Waals surface area contributed by atoms with Crippen LogP contribution in [-0.2, 0) is 19.6 Å². The average Bonchev–Trinajstić information content (AvgIpc) is 3.40. The highest BCUT2D eigenvalue weighted by molar-refractivity contribution is 9.10. The fraction of sp³-hybridized carbons (Fsp3) is 0.200. The summed E-state index contributed by atoms with van der Waals surface area (Å²) in [7, 11) is 0. The van der Waals surface area contributed by atoms with Gasteiger partial charge in [0.25, 0.3) is 5.91 Å². The van der Waals surface area contributed by atoms with E-state index in [1.165, 1.54) is 12.3 Å². The summed E-state index contributed by atoms with van der Waals surface area (Å²) in [6.45, 7) is 3.35. The number of hydrogen-bond acceptors (Lipinski definition) is 7. The van der Waals surface area contributed by atoms with Crippen LogP contribution < -0.4 is 20.3 Å². The van der Waals surface area contributed by atoms with E-state index in [9.17, 15) is 9.18 Å². The molecule has 4 heterocycles. The van der Waals surface area contributed by atoms with Crippen LogP contribution >= 0.6 is 15.9 Å². The Labute approximate surface area is 244 Å². The second kappa shape index (κ2) is 11.5. The smallest absolute Gasteiger partial charge is 0.256 e. The molecule has 208 valence electrons. The lowest BCUT2D eigenvalue weighted by Gasteiger charge is -2.27. The van der Waals surface area contributed by atoms with Crippen LogP contribution in [0.1, 0.15) is 34.0 Å². The van der Waals surface area contributed by atoms with Gasteiger partial charge in [-0.2, -0.15) is 9.61 Å². The highest BCUT2D eigenvalue weighted by Gasteiger charge is 2.26. The van der Waals surface area contributed by atoms with Crippen LogP contribution in [0, 0.1) is 5.82 Å². The molecule has 2 bridgehead atoms. The molecule has 1 amide bonds. The van der Waals surface area contributed by atoms with E-state index in [0.717, 1.165) is 17.3 Å². The Morgan fingerprint density at radius 2 is 1.73 bits per heavy atom. The van der Waals surface area contributed by atoms with Crippen molar-refractivity contribution in [1.82, 2.24) is 24.9 Å². The molecule has 0 spiro atoms. The normalized spacial score (nSPS) is 15.1. The molecule has 6 rings (SSSR count). The van der Waals surface area contributed by atoms with E-state index in [0.29, 0.717) is 46.0 Å². The lowest BCUT2D eigenvalue weighted by molar-refractivity contribution is 0.0932. The molecule has 2 N–H and O–H groups in total. The minimum absolute atomic E-state index is 0.191. The highest BCUT2D eigenvalue weighted by Crippen LogP contribution is 2.36. The molecule has 0 saturated heterocycles. The van der Waals surface area contributed by atoms with E-state index in [2.05, 4.69) is 65.8 Å². The maximum atomic E-state index is 14.2. The van der Waals surface area contributed by atoms with Gasteiger partial charge < -0.3 is 20.3 Å². The topological polar surface area (TPSA) is 96.7 Å². The SMILES string of the molecule is C[C@H]1CNC(=O)c2cnn3c(N(Cc4ccccc4)Cc4ccccc4)c(Br)c(nc23)NCc2cc(F)cnc2O1. The first-order valence-electron chi connectivity index (χ1n) is 13.2. The average molecular weight is 616 g/mol. The number of pyridine rings is 1. The number of rotatable bonds is 5. The monoisotopic (exact) mass is 615 g/mol. The first-order chi connectivity index (χ1) is 20.0. The van der Waals surface area contributed by atoms with Crippen LogP contribution in [0.4, 0.5) is 16.0 Å². The summed E-state index contributed by atoms with van der Waals surface area (Å²) in [5.41, 5.74) is 3.45. The van der Waals surface area contributed by atoms with Crippen LogP contribution in [0.3, 0.4) is 0 Å². The minimum atomic E-state index is -0.474. The van der Waals surface area contributed by atoms with Crippen LogP contribution in [-0.4, -0.2) is 38.1 Å². The molecular formula is C30H27BrFN7O2. The van der Waals surface area contributed by atoms with Gasteiger partial charge in [-0.25, -0.2) is 14.4 Å². The van der Waals surface area contributed by atoms with Crippen molar-refractivity contribution >= 4 is 39.1 Å². The molecular weight excluding hydrogens is 589 g/mol. The van der Waals surface area contributed by atoms with Crippen LogP contribution in [0.15, 0.2) is 83.6 Å². The summed E-state index contributed by atoms with van der Waals surface area (Å²) < 4.78 is 22.5. The van der Waals surface area contributed by atoms with Gasteiger partial charge in [-0.15, -0.1) is 0 Å². The zero-order chi connectivity index (χ0) is 28.3. The van der Waals surface area contributed by atoms with Crippen molar-refractivity contribution in [3.63, 3.8) is 0 Å². The predicted molar refractivity (Wildman–Crippen MR) is 157 cm³/mol. The zero-order valence-corrected chi connectivity index (χ0v) is 23.8. The molecule has 3 aromatic heterocycles. The van der Waals surface area contributed by atoms with Gasteiger partial charge in [0.1, 0.15) is 27.8 Å². The van der Waals surface area contributed by atoms with Crippen molar-refractivity contribution in [2.75, 3.05) is 16.8 Å². The Morgan fingerprint density at radius 1 is 1.05 bits per heavy atom. The zero-order valence-electron chi connectivity index (χ0n) is 22.2. The van der Waals surface area contributed by atoms with Gasteiger partial charge in [0.15, 0.2) is 11.5 Å². The summed E-state index contributed by atoms with van der Waals surface area (Å²) in [4.78, 5) is 24.4. The Kier molecular flexibility index (Phi) is 7.51. The van der Waals surface area contributed by atoms with Crippen molar-refractivity contribution in [1.29, 1.82) is 0 Å². The van der Waals surface area contributed by atoms with Gasteiger partial charge in [-0.05, 0) is 40.0 Å². The van der Waals surface area contributed by atoms with E-state index < -0.39 is 11.9 Å². The van der Waals surface area contributed by atoms with Crippen molar-refractivity contribution in [2.24, 2.45) is 0 Å². The largest absolute Gasteiger partial charge is 0.473 e. The quantitative estimate of drug-likeness (QED) is 0.275. The number of benzene rings is 2. The maximum Gasteiger partial charge on any atom is 0.256 e. The number of fused-ring (bicyclic) bond motifs is 2. The summed E-state index contributed by atoms with van der Waals surface area (Å²) in [6.07, 6.45) is 2.23. The fourth-order valence-corrected chi connectivity index (χ4v) is 5.41. The number of amides is 1.